The van der Waals surface area contributed by atoms with Crippen molar-refractivity contribution < 1.29 is 0 Å². The van der Waals surface area contributed by atoms with Gasteiger partial charge >= 0.3 is 0 Å². The van der Waals surface area contributed by atoms with E-state index in [9.17, 15) is 0 Å². The van der Waals surface area contributed by atoms with Crippen molar-refractivity contribution >= 4 is 10.8 Å². The summed E-state index contributed by atoms with van der Waals surface area (Å²) in [5.41, 5.74) is 10.6. The molecule has 0 bridgehead atoms. The van der Waals surface area contributed by atoms with Gasteiger partial charge in [0.2, 0.25) is 0 Å². The first kappa shape index (κ1) is 19.1. The molecule has 1 aliphatic rings. The van der Waals surface area contributed by atoms with Gasteiger partial charge in [-0.25, -0.2) is 0 Å². The molecule has 0 spiro atoms. The van der Waals surface area contributed by atoms with E-state index in [4.69, 9.17) is 4.98 Å². The second kappa shape index (κ2) is 6.80. The Hall–Kier alpha value is -2.93. The van der Waals surface area contributed by atoms with Gasteiger partial charge < -0.3 is 0 Å². The molecule has 1 heteroatoms. The zero-order valence-corrected chi connectivity index (χ0v) is 18.6. The van der Waals surface area contributed by atoms with Gasteiger partial charge in [0.25, 0.3) is 0 Å². The third-order valence-electron chi connectivity index (χ3n) is 6.13. The van der Waals surface area contributed by atoms with Gasteiger partial charge in [-0.05, 0) is 62.6 Å². The molecule has 0 saturated heterocycles. The average molecular weight is 392 g/mol. The second-order valence-corrected chi connectivity index (χ2v) is 10.1. The molecular weight excluding hydrogens is 362 g/mol. The quantitative estimate of drug-likeness (QED) is 0.295. The summed E-state index contributed by atoms with van der Waals surface area (Å²) in [6.07, 6.45) is 3.02. The minimum absolute atomic E-state index is 0.244. The molecule has 4 aromatic rings. The summed E-state index contributed by atoms with van der Waals surface area (Å²) in [5.74, 6) is 0.499. The van der Waals surface area contributed by atoms with Crippen molar-refractivity contribution in [1.29, 1.82) is 0 Å². The number of benzene rings is 3. The Balaban J connectivity index is 1.91. The van der Waals surface area contributed by atoms with E-state index < -0.39 is 0 Å². The minimum atomic E-state index is 0.244. The lowest BCUT2D eigenvalue weighted by atomic mass is 9.85. The van der Waals surface area contributed by atoms with Gasteiger partial charge in [-0.15, -0.1) is 0 Å². The maximum atomic E-state index is 4.88. The predicted molar refractivity (Wildman–Crippen MR) is 129 cm³/mol. The number of aromatic nitrogens is 1. The summed E-state index contributed by atoms with van der Waals surface area (Å²) in [5, 5.41) is 2.56. The van der Waals surface area contributed by atoms with Crippen LogP contribution in [-0.4, -0.2) is 4.98 Å². The van der Waals surface area contributed by atoms with Crippen LogP contribution in [0.15, 0.2) is 66.9 Å². The standard InChI is InChI=1S/C29H29N/c1-18(2)20-10-11-23-25(16-20)22-8-6-7-9-24(22)28-27-21(12-13-30-28)14-19(15-26(23)27)17-29(3,4)5/h6-16,18H,17H2,1-5H3. The van der Waals surface area contributed by atoms with E-state index in [1.54, 1.807) is 0 Å². The maximum absolute atomic E-state index is 4.88. The summed E-state index contributed by atoms with van der Waals surface area (Å²) >= 11 is 0. The summed E-state index contributed by atoms with van der Waals surface area (Å²) in [6, 6.07) is 22.7. The van der Waals surface area contributed by atoms with Crippen LogP contribution in [0.25, 0.3) is 44.3 Å². The molecule has 3 aromatic carbocycles. The number of fused-ring (bicyclic) bond motifs is 5. The summed E-state index contributed by atoms with van der Waals surface area (Å²) in [6.45, 7) is 11.5. The van der Waals surface area contributed by atoms with Crippen LogP contribution in [0.4, 0.5) is 0 Å². The zero-order valence-electron chi connectivity index (χ0n) is 18.6. The van der Waals surface area contributed by atoms with Crippen LogP contribution >= 0.6 is 0 Å². The Labute approximate surface area is 179 Å². The number of hydrogen-bond donors (Lipinski definition) is 0. The van der Waals surface area contributed by atoms with Gasteiger partial charge in [-0.1, -0.05) is 89.2 Å². The van der Waals surface area contributed by atoms with Gasteiger partial charge in [0, 0.05) is 17.1 Å². The summed E-state index contributed by atoms with van der Waals surface area (Å²) < 4.78 is 0. The van der Waals surface area contributed by atoms with Crippen molar-refractivity contribution in [2.45, 2.75) is 47.0 Å². The third-order valence-corrected chi connectivity index (χ3v) is 6.13. The fourth-order valence-corrected chi connectivity index (χ4v) is 4.81. The molecule has 0 N–H and O–H groups in total. The Kier molecular flexibility index (Phi) is 4.32. The molecule has 30 heavy (non-hydrogen) atoms. The molecular formula is C29H29N. The van der Waals surface area contributed by atoms with Crippen molar-refractivity contribution in [2.75, 3.05) is 0 Å². The fraction of sp³-hybridized carbons (Fsp3) is 0.276. The zero-order chi connectivity index (χ0) is 21.0. The smallest absolute Gasteiger partial charge is 0.0792 e. The number of hydrogen-bond acceptors (Lipinski definition) is 1. The van der Waals surface area contributed by atoms with Crippen molar-refractivity contribution in [1.82, 2.24) is 4.98 Å². The van der Waals surface area contributed by atoms with Gasteiger partial charge in [0.05, 0.1) is 5.69 Å². The Morgan fingerprint density at radius 2 is 1.50 bits per heavy atom. The normalized spacial score (nSPS) is 12.6. The first-order chi connectivity index (χ1) is 14.3. The highest BCUT2D eigenvalue weighted by Gasteiger charge is 2.24. The van der Waals surface area contributed by atoms with Gasteiger partial charge in [-0.2, -0.15) is 0 Å². The molecule has 1 aliphatic carbocycles. The molecule has 0 radical (unpaired) electrons. The highest BCUT2D eigenvalue weighted by Crippen LogP contribution is 2.47. The monoisotopic (exact) mass is 391 g/mol. The van der Waals surface area contributed by atoms with Crippen LogP contribution in [0.5, 0.6) is 0 Å². The molecule has 0 aliphatic heterocycles. The average Bonchev–Trinajstić information content (AvgIpc) is 2.81. The number of pyridine rings is 1. The first-order valence-corrected chi connectivity index (χ1v) is 11.0. The summed E-state index contributed by atoms with van der Waals surface area (Å²) in [7, 11) is 0. The van der Waals surface area contributed by atoms with Crippen LogP contribution in [0.1, 0.15) is 51.7 Å². The Morgan fingerprint density at radius 1 is 0.767 bits per heavy atom. The van der Waals surface area contributed by atoms with Crippen LogP contribution in [0.2, 0.25) is 0 Å². The second-order valence-electron chi connectivity index (χ2n) is 10.1. The molecule has 0 saturated carbocycles. The molecule has 0 fully saturated rings. The van der Waals surface area contributed by atoms with Crippen molar-refractivity contribution in [3.8, 4) is 33.5 Å². The molecule has 0 atom stereocenters. The van der Waals surface area contributed by atoms with Crippen molar-refractivity contribution in [3.63, 3.8) is 0 Å². The van der Waals surface area contributed by atoms with E-state index in [2.05, 4.69) is 95.3 Å². The Morgan fingerprint density at radius 3 is 2.23 bits per heavy atom. The maximum Gasteiger partial charge on any atom is 0.0792 e. The lowest BCUT2D eigenvalue weighted by molar-refractivity contribution is 0.411. The third kappa shape index (κ3) is 3.13. The van der Waals surface area contributed by atoms with E-state index in [0.29, 0.717) is 5.92 Å². The molecule has 0 unspecified atom stereocenters. The van der Waals surface area contributed by atoms with E-state index in [0.717, 1.165) is 12.1 Å². The molecule has 150 valence electrons. The van der Waals surface area contributed by atoms with Gasteiger partial charge in [0.15, 0.2) is 0 Å². The first-order valence-electron chi connectivity index (χ1n) is 11.0. The van der Waals surface area contributed by atoms with E-state index in [1.165, 1.54) is 49.7 Å². The number of rotatable bonds is 2. The summed E-state index contributed by atoms with van der Waals surface area (Å²) in [4.78, 5) is 4.88. The minimum Gasteiger partial charge on any atom is -0.256 e. The predicted octanol–water partition coefficient (Wildman–Crippen LogP) is 8.26. The van der Waals surface area contributed by atoms with Crippen LogP contribution in [0, 0.1) is 5.41 Å². The lowest BCUT2D eigenvalue weighted by Crippen LogP contribution is -2.09. The lowest BCUT2D eigenvalue weighted by Gasteiger charge is -2.20. The molecule has 1 aromatic heterocycles. The topological polar surface area (TPSA) is 12.9 Å². The van der Waals surface area contributed by atoms with Crippen molar-refractivity contribution in [2.24, 2.45) is 5.41 Å². The molecule has 5 rings (SSSR count). The SMILES string of the molecule is CC(C)c1ccc2c(c1)-c1ccccc1-c1nccc3cc(CC(C)(C)C)cc-2c13. The van der Waals surface area contributed by atoms with Crippen LogP contribution in [0.3, 0.4) is 0 Å². The Bertz CT molecular complexity index is 1270. The van der Waals surface area contributed by atoms with Gasteiger partial charge in [0.1, 0.15) is 0 Å². The van der Waals surface area contributed by atoms with E-state index in [1.807, 2.05) is 6.20 Å². The highest BCUT2D eigenvalue weighted by atomic mass is 14.7. The fourth-order valence-electron chi connectivity index (χ4n) is 4.81. The van der Waals surface area contributed by atoms with Crippen LogP contribution in [-0.2, 0) is 6.42 Å². The number of nitrogens with zero attached hydrogens (tertiary/aromatic N) is 1. The molecule has 1 heterocycles. The van der Waals surface area contributed by atoms with Crippen LogP contribution < -0.4 is 0 Å². The largest absolute Gasteiger partial charge is 0.256 e. The van der Waals surface area contributed by atoms with E-state index in [-0.39, 0.29) is 5.41 Å². The molecule has 1 nitrogen and oxygen atoms in total. The highest BCUT2D eigenvalue weighted by molar-refractivity contribution is 6.12. The molecule has 0 amide bonds. The van der Waals surface area contributed by atoms with Crippen molar-refractivity contribution in [3.05, 3.63) is 78.0 Å². The van der Waals surface area contributed by atoms with Gasteiger partial charge in [-0.3, -0.25) is 4.98 Å². The van der Waals surface area contributed by atoms with E-state index >= 15 is 0 Å².